The number of nitrogens with one attached hydrogen (secondary N) is 2. The molecule has 13 heteroatoms. The molecule has 210 valence electrons. The van der Waals surface area contributed by atoms with Gasteiger partial charge in [-0.3, -0.25) is 9.52 Å². The monoisotopic (exact) mass is 631 g/mol. The van der Waals surface area contributed by atoms with Crippen molar-refractivity contribution in [2.75, 3.05) is 11.8 Å². The van der Waals surface area contributed by atoms with Gasteiger partial charge in [-0.15, -0.1) is 0 Å². The van der Waals surface area contributed by atoms with Gasteiger partial charge in [-0.1, -0.05) is 34.8 Å². The molecule has 0 aliphatic carbocycles. The standard InChI is InChI=1S/C28H20Cl3N3O6S/c1-39-26-14-17(2-13-25(26)40-28(36)19-5-12-23(30)24(31)15-19)16-32-33-27(35)18-3-8-21(9-4-18)34-41(37,38)22-10-6-20(29)7-11-22/h2-16,34H,1H3,(H,33,35). The first-order valence-corrected chi connectivity index (χ1v) is 14.2. The van der Waals surface area contributed by atoms with E-state index in [4.69, 9.17) is 44.3 Å². The van der Waals surface area contributed by atoms with Crippen LogP contribution in [0, 0.1) is 0 Å². The lowest BCUT2D eigenvalue weighted by atomic mass is 10.2. The summed E-state index contributed by atoms with van der Waals surface area (Å²) in [6, 6.07) is 20.6. The zero-order valence-electron chi connectivity index (χ0n) is 21.1. The number of carbonyl (C=O) groups excluding carboxylic acids is 2. The van der Waals surface area contributed by atoms with Gasteiger partial charge in [-0.25, -0.2) is 18.6 Å². The van der Waals surface area contributed by atoms with Crippen LogP contribution in [0.5, 0.6) is 11.5 Å². The second kappa shape index (κ2) is 13.0. The number of carbonyl (C=O) groups is 2. The molecule has 9 nitrogen and oxygen atoms in total. The third kappa shape index (κ3) is 7.77. The maximum Gasteiger partial charge on any atom is 0.343 e. The normalized spacial score (nSPS) is 11.2. The van der Waals surface area contributed by atoms with Gasteiger partial charge < -0.3 is 9.47 Å². The Bertz CT molecular complexity index is 1730. The second-order valence-corrected chi connectivity index (χ2v) is 11.2. The van der Waals surface area contributed by atoms with Gasteiger partial charge in [0.25, 0.3) is 15.9 Å². The van der Waals surface area contributed by atoms with E-state index in [1.165, 1.54) is 86.1 Å². The number of hydrazone groups is 1. The maximum atomic E-state index is 12.5. The molecule has 0 unspecified atom stereocenters. The number of ether oxygens (including phenoxy) is 2. The molecule has 4 aromatic carbocycles. The highest BCUT2D eigenvalue weighted by molar-refractivity contribution is 7.92. The maximum absolute atomic E-state index is 12.5. The van der Waals surface area contributed by atoms with Crippen molar-refractivity contribution in [2.24, 2.45) is 5.10 Å². The average Bonchev–Trinajstić information content (AvgIpc) is 2.95. The minimum absolute atomic E-state index is 0.0485. The van der Waals surface area contributed by atoms with Crippen LogP contribution < -0.4 is 19.6 Å². The SMILES string of the molecule is COc1cc(C=NNC(=O)c2ccc(NS(=O)(=O)c3ccc(Cl)cc3)cc2)ccc1OC(=O)c1ccc(Cl)c(Cl)c1. The van der Waals surface area contributed by atoms with Crippen molar-refractivity contribution < 1.29 is 27.5 Å². The van der Waals surface area contributed by atoms with Gasteiger partial charge in [0.05, 0.1) is 33.8 Å². The third-order valence-corrected chi connectivity index (χ3v) is 7.84. The smallest absolute Gasteiger partial charge is 0.343 e. The molecule has 0 fully saturated rings. The number of benzene rings is 4. The Labute approximate surface area is 250 Å². The molecule has 0 radical (unpaired) electrons. The fraction of sp³-hybridized carbons (Fsp3) is 0.0357. The van der Waals surface area contributed by atoms with Crippen molar-refractivity contribution in [1.29, 1.82) is 0 Å². The zero-order chi connectivity index (χ0) is 29.6. The minimum Gasteiger partial charge on any atom is -0.493 e. The summed E-state index contributed by atoms with van der Waals surface area (Å²) in [6.45, 7) is 0. The summed E-state index contributed by atoms with van der Waals surface area (Å²) in [7, 11) is -2.41. The number of rotatable bonds is 9. The molecule has 0 saturated carbocycles. The van der Waals surface area contributed by atoms with Crippen LogP contribution in [0.1, 0.15) is 26.3 Å². The van der Waals surface area contributed by atoms with E-state index < -0.39 is 21.9 Å². The van der Waals surface area contributed by atoms with Crippen molar-refractivity contribution in [3.63, 3.8) is 0 Å². The van der Waals surface area contributed by atoms with E-state index >= 15 is 0 Å². The van der Waals surface area contributed by atoms with Crippen LogP contribution in [-0.2, 0) is 10.0 Å². The number of sulfonamides is 1. The summed E-state index contributed by atoms with van der Waals surface area (Å²) in [4.78, 5) is 25.0. The first kappa shape index (κ1) is 29.9. The quantitative estimate of drug-likeness (QED) is 0.0948. The van der Waals surface area contributed by atoms with Crippen LogP contribution in [0.2, 0.25) is 15.1 Å². The Morgan fingerprint density at radius 2 is 1.49 bits per heavy atom. The highest BCUT2D eigenvalue weighted by Gasteiger charge is 2.16. The molecule has 0 atom stereocenters. The number of esters is 1. The van der Waals surface area contributed by atoms with Gasteiger partial charge in [0.15, 0.2) is 11.5 Å². The van der Waals surface area contributed by atoms with Crippen LogP contribution in [0.15, 0.2) is 94.9 Å². The van der Waals surface area contributed by atoms with Gasteiger partial charge in [0, 0.05) is 16.3 Å². The molecular formula is C28H20Cl3N3O6S. The number of halogens is 3. The largest absolute Gasteiger partial charge is 0.493 e. The molecule has 0 aliphatic rings. The number of anilines is 1. The number of amides is 1. The number of nitrogens with zero attached hydrogens (tertiary/aromatic N) is 1. The Hall–Kier alpha value is -4.09. The summed E-state index contributed by atoms with van der Waals surface area (Å²) >= 11 is 17.7. The van der Waals surface area contributed by atoms with Crippen LogP contribution in [-0.4, -0.2) is 33.6 Å². The average molecular weight is 633 g/mol. The van der Waals surface area contributed by atoms with Crippen molar-refractivity contribution in [3.05, 3.63) is 117 Å². The van der Waals surface area contributed by atoms with E-state index in [0.29, 0.717) is 15.6 Å². The van der Waals surface area contributed by atoms with E-state index in [0.717, 1.165) is 0 Å². The van der Waals surface area contributed by atoms with Gasteiger partial charge >= 0.3 is 5.97 Å². The molecule has 4 rings (SSSR count). The van der Waals surface area contributed by atoms with Crippen molar-refractivity contribution in [1.82, 2.24) is 5.43 Å². The highest BCUT2D eigenvalue weighted by Crippen LogP contribution is 2.29. The lowest BCUT2D eigenvalue weighted by Crippen LogP contribution is -2.18. The number of hydrogen-bond acceptors (Lipinski definition) is 7. The van der Waals surface area contributed by atoms with E-state index in [-0.39, 0.29) is 38.2 Å². The Morgan fingerprint density at radius 1 is 0.805 bits per heavy atom. The molecule has 41 heavy (non-hydrogen) atoms. The molecule has 2 N–H and O–H groups in total. The molecule has 0 saturated heterocycles. The topological polar surface area (TPSA) is 123 Å². The van der Waals surface area contributed by atoms with Crippen LogP contribution in [0.25, 0.3) is 0 Å². The molecule has 0 aromatic heterocycles. The first-order valence-electron chi connectivity index (χ1n) is 11.6. The predicted octanol–water partition coefficient (Wildman–Crippen LogP) is 6.44. The summed E-state index contributed by atoms with van der Waals surface area (Å²) in [6.07, 6.45) is 1.37. The Morgan fingerprint density at radius 3 is 2.15 bits per heavy atom. The fourth-order valence-electron chi connectivity index (χ4n) is 3.38. The Kier molecular flexibility index (Phi) is 9.51. The molecular weight excluding hydrogens is 613 g/mol. The van der Waals surface area contributed by atoms with Crippen molar-refractivity contribution in [2.45, 2.75) is 4.90 Å². The van der Waals surface area contributed by atoms with Crippen LogP contribution in [0.3, 0.4) is 0 Å². The van der Waals surface area contributed by atoms with Gasteiger partial charge in [0.2, 0.25) is 0 Å². The van der Waals surface area contributed by atoms with Crippen molar-refractivity contribution >= 4 is 68.6 Å². The van der Waals surface area contributed by atoms with E-state index in [2.05, 4.69) is 15.2 Å². The van der Waals surface area contributed by atoms with Crippen LogP contribution >= 0.6 is 34.8 Å². The molecule has 0 spiro atoms. The lowest BCUT2D eigenvalue weighted by Gasteiger charge is -2.10. The molecule has 4 aromatic rings. The molecule has 0 bridgehead atoms. The second-order valence-electron chi connectivity index (χ2n) is 8.26. The summed E-state index contributed by atoms with van der Waals surface area (Å²) < 4.78 is 38.2. The Balaban J connectivity index is 1.36. The van der Waals surface area contributed by atoms with E-state index in [1.807, 2.05) is 0 Å². The van der Waals surface area contributed by atoms with Crippen molar-refractivity contribution in [3.8, 4) is 11.5 Å². The minimum atomic E-state index is -3.82. The number of hydrogen-bond donors (Lipinski definition) is 2. The molecule has 1 amide bonds. The van der Waals surface area contributed by atoms with E-state index in [9.17, 15) is 18.0 Å². The molecule has 0 aliphatic heterocycles. The summed E-state index contributed by atoms with van der Waals surface area (Å²) in [5.41, 5.74) is 3.67. The highest BCUT2D eigenvalue weighted by atomic mass is 35.5. The first-order chi connectivity index (χ1) is 19.6. The predicted molar refractivity (Wildman–Crippen MR) is 158 cm³/mol. The van der Waals surface area contributed by atoms with Crippen LogP contribution in [0.4, 0.5) is 5.69 Å². The van der Waals surface area contributed by atoms with Gasteiger partial charge in [-0.2, -0.15) is 5.10 Å². The fourth-order valence-corrected chi connectivity index (χ4v) is 4.86. The van der Waals surface area contributed by atoms with Gasteiger partial charge in [-0.05, 0) is 90.5 Å². The van der Waals surface area contributed by atoms with E-state index in [1.54, 1.807) is 12.1 Å². The third-order valence-electron chi connectivity index (χ3n) is 5.45. The lowest BCUT2D eigenvalue weighted by molar-refractivity contribution is 0.0729. The summed E-state index contributed by atoms with van der Waals surface area (Å²) in [5, 5.41) is 4.89. The zero-order valence-corrected chi connectivity index (χ0v) is 24.2. The molecule has 0 heterocycles. The summed E-state index contributed by atoms with van der Waals surface area (Å²) in [5.74, 6) is -0.756. The van der Waals surface area contributed by atoms with Gasteiger partial charge in [0.1, 0.15) is 0 Å². The number of methoxy groups -OCH3 is 1.